The van der Waals surface area contributed by atoms with E-state index in [1.807, 2.05) is 19.1 Å². The van der Waals surface area contributed by atoms with Crippen molar-refractivity contribution < 1.29 is 5.11 Å². The van der Waals surface area contributed by atoms with E-state index in [2.05, 4.69) is 20.4 Å². The molecule has 2 heterocycles. The van der Waals surface area contributed by atoms with E-state index in [4.69, 9.17) is 0 Å². The molecule has 0 radical (unpaired) electrons. The first kappa shape index (κ1) is 13.8. The SMILES string of the molecule is Cc1ccc(N2CC(CNC3CCCCC3O)C2)nn1. The van der Waals surface area contributed by atoms with Crippen LogP contribution in [0.5, 0.6) is 0 Å². The average molecular weight is 276 g/mol. The highest BCUT2D eigenvalue weighted by atomic mass is 16.3. The summed E-state index contributed by atoms with van der Waals surface area (Å²) in [5.41, 5.74) is 0.957. The predicted molar refractivity (Wildman–Crippen MR) is 78.7 cm³/mol. The Balaban J connectivity index is 1.41. The van der Waals surface area contributed by atoms with Crippen LogP contribution in [0.15, 0.2) is 12.1 Å². The van der Waals surface area contributed by atoms with E-state index >= 15 is 0 Å². The summed E-state index contributed by atoms with van der Waals surface area (Å²) in [5, 5.41) is 21.8. The molecular formula is C15H24N4O. The van der Waals surface area contributed by atoms with Gasteiger partial charge in [0.25, 0.3) is 0 Å². The van der Waals surface area contributed by atoms with Gasteiger partial charge in [0.2, 0.25) is 0 Å². The van der Waals surface area contributed by atoms with Gasteiger partial charge in [0, 0.05) is 31.6 Å². The van der Waals surface area contributed by atoms with Gasteiger partial charge in [-0.25, -0.2) is 0 Å². The first-order valence-electron chi connectivity index (χ1n) is 7.69. The highest BCUT2D eigenvalue weighted by Crippen LogP contribution is 2.23. The van der Waals surface area contributed by atoms with Gasteiger partial charge in [0.15, 0.2) is 5.82 Å². The molecule has 0 bridgehead atoms. The molecule has 1 aromatic rings. The summed E-state index contributed by atoms with van der Waals surface area (Å²) in [6, 6.07) is 4.35. The van der Waals surface area contributed by atoms with Gasteiger partial charge < -0.3 is 15.3 Å². The summed E-state index contributed by atoms with van der Waals surface area (Å²) in [4.78, 5) is 2.26. The van der Waals surface area contributed by atoms with E-state index < -0.39 is 0 Å². The van der Waals surface area contributed by atoms with Crippen LogP contribution in [0.4, 0.5) is 5.82 Å². The minimum Gasteiger partial charge on any atom is -0.392 e. The second-order valence-corrected chi connectivity index (χ2v) is 6.17. The number of hydrogen-bond donors (Lipinski definition) is 2. The molecule has 1 aromatic heterocycles. The number of anilines is 1. The maximum absolute atomic E-state index is 9.94. The number of aliphatic hydroxyl groups excluding tert-OH is 1. The van der Waals surface area contributed by atoms with Gasteiger partial charge in [-0.15, -0.1) is 5.10 Å². The van der Waals surface area contributed by atoms with E-state index in [-0.39, 0.29) is 6.10 Å². The fourth-order valence-corrected chi connectivity index (χ4v) is 3.11. The molecule has 2 fully saturated rings. The van der Waals surface area contributed by atoms with Crippen LogP contribution < -0.4 is 10.2 Å². The fourth-order valence-electron chi connectivity index (χ4n) is 3.11. The summed E-state index contributed by atoms with van der Waals surface area (Å²) >= 11 is 0. The standard InChI is InChI=1S/C15H24N4O/c1-11-6-7-15(18-17-11)19-9-12(10-19)8-16-13-4-2-3-5-14(13)20/h6-7,12-14,16,20H,2-5,8-10H2,1H3. The number of aliphatic hydroxyl groups is 1. The lowest BCUT2D eigenvalue weighted by molar-refractivity contribution is 0.0879. The molecule has 1 aliphatic heterocycles. The molecule has 1 saturated heterocycles. The molecule has 2 unspecified atom stereocenters. The third-order valence-electron chi connectivity index (χ3n) is 4.46. The van der Waals surface area contributed by atoms with Crippen molar-refractivity contribution in [2.24, 2.45) is 5.92 Å². The molecule has 2 aliphatic rings. The van der Waals surface area contributed by atoms with Crippen molar-refractivity contribution in [2.75, 3.05) is 24.5 Å². The Morgan fingerprint density at radius 2 is 2.05 bits per heavy atom. The largest absolute Gasteiger partial charge is 0.392 e. The maximum atomic E-state index is 9.94. The quantitative estimate of drug-likeness (QED) is 0.863. The number of nitrogens with one attached hydrogen (secondary N) is 1. The van der Waals surface area contributed by atoms with Crippen LogP contribution in [-0.4, -0.2) is 47.1 Å². The summed E-state index contributed by atoms with van der Waals surface area (Å²) in [6.45, 7) is 5.02. The maximum Gasteiger partial charge on any atom is 0.151 e. The number of rotatable bonds is 4. The summed E-state index contributed by atoms with van der Waals surface area (Å²) in [6.07, 6.45) is 4.32. The van der Waals surface area contributed by atoms with Crippen molar-refractivity contribution >= 4 is 5.82 Å². The second-order valence-electron chi connectivity index (χ2n) is 6.17. The van der Waals surface area contributed by atoms with Crippen LogP contribution in [0.1, 0.15) is 31.4 Å². The number of hydrogen-bond acceptors (Lipinski definition) is 5. The number of nitrogens with zero attached hydrogens (tertiary/aromatic N) is 3. The minimum absolute atomic E-state index is 0.150. The van der Waals surface area contributed by atoms with Crippen molar-refractivity contribution in [3.05, 3.63) is 17.8 Å². The van der Waals surface area contributed by atoms with Gasteiger partial charge in [-0.3, -0.25) is 0 Å². The number of aryl methyl sites for hydroxylation is 1. The molecule has 1 aliphatic carbocycles. The second kappa shape index (κ2) is 6.06. The molecule has 20 heavy (non-hydrogen) atoms. The van der Waals surface area contributed by atoms with Crippen LogP contribution in [-0.2, 0) is 0 Å². The molecule has 2 N–H and O–H groups in total. The Kier molecular flexibility index (Phi) is 4.17. The normalized spacial score (nSPS) is 27.4. The smallest absolute Gasteiger partial charge is 0.151 e. The zero-order valence-electron chi connectivity index (χ0n) is 12.1. The molecule has 5 heteroatoms. The van der Waals surface area contributed by atoms with Gasteiger partial charge in [-0.05, 0) is 31.9 Å². The lowest BCUT2D eigenvalue weighted by atomic mass is 9.91. The van der Waals surface area contributed by atoms with E-state index in [0.29, 0.717) is 12.0 Å². The first-order chi connectivity index (χ1) is 9.72. The van der Waals surface area contributed by atoms with Crippen molar-refractivity contribution in [1.82, 2.24) is 15.5 Å². The zero-order valence-corrected chi connectivity index (χ0v) is 12.1. The Morgan fingerprint density at radius 3 is 2.75 bits per heavy atom. The van der Waals surface area contributed by atoms with E-state index in [9.17, 15) is 5.11 Å². The zero-order chi connectivity index (χ0) is 13.9. The molecule has 0 spiro atoms. The van der Waals surface area contributed by atoms with Crippen LogP contribution in [0.2, 0.25) is 0 Å². The fraction of sp³-hybridized carbons (Fsp3) is 0.733. The monoisotopic (exact) mass is 276 g/mol. The van der Waals surface area contributed by atoms with Crippen LogP contribution in [0.3, 0.4) is 0 Å². The molecule has 3 rings (SSSR count). The highest BCUT2D eigenvalue weighted by Gasteiger charge is 2.30. The minimum atomic E-state index is -0.150. The molecule has 0 amide bonds. The third kappa shape index (κ3) is 3.10. The van der Waals surface area contributed by atoms with Crippen LogP contribution in [0.25, 0.3) is 0 Å². The molecule has 2 atom stereocenters. The number of aromatic nitrogens is 2. The molecule has 0 aromatic carbocycles. The van der Waals surface area contributed by atoms with E-state index in [1.54, 1.807) is 0 Å². The Hall–Kier alpha value is -1.20. The lowest BCUT2D eigenvalue weighted by Crippen LogP contribution is -2.54. The van der Waals surface area contributed by atoms with E-state index in [0.717, 1.165) is 44.0 Å². The molecular weight excluding hydrogens is 252 g/mol. The Labute approximate surface area is 120 Å². The van der Waals surface area contributed by atoms with Crippen molar-refractivity contribution in [2.45, 2.75) is 44.8 Å². The van der Waals surface area contributed by atoms with Crippen molar-refractivity contribution in [3.8, 4) is 0 Å². The third-order valence-corrected chi connectivity index (χ3v) is 4.46. The molecule has 5 nitrogen and oxygen atoms in total. The summed E-state index contributed by atoms with van der Waals surface area (Å²) < 4.78 is 0. The van der Waals surface area contributed by atoms with Crippen LogP contribution >= 0.6 is 0 Å². The Morgan fingerprint density at radius 1 is 1.25 bits per heavy atom. The van der Waals surface area contributed by atoms with Gasteiger partial charge in [0.1, 0.15) is 0 Å². The van der Waals surface area contributed by atoms with Gasteiger partial charge in [-0.1, -0.05) is 12.8 Å². The average Bonchev–Trinajstić information content (AvgIpc) is 2.41. The first-order valence-corrected chi connectivity index (χ1v) is 7.69. The topological polar surface area (TPSA) is 61.3 Å². The predicted octanol–water partition coefficient (Wildman–Crippen LogP) is 1.11. The van der Waals surface area contributed by atoms with Crippen LogP contribution in [0, 0.1) is 12.8 Å². The molecule has 1 saturated carbocycles. The van der Waals surface area contributed by atoms with Gasteiger partial charge >= 0.3 is 0 Å². The van der Waals surface area contributed by atoms with Gasteiger partial charge in [0.05, 0.1) is 11.8 Å². The lowest BCUT2D eigenvalue weighted by Gasteiger charge is -2.41. The summed E-state index contributed by atoms with van der Waals surface area (Å²) in [5.74, 6) is 1.64. The van der Waals surface area contributed by atoms with Crippen molar-refractivity contribution in [3.63, 3.8) is 0 Å². The molecule has 110 valence electrons. The highest BCUT2D eigenvalue weighted by molar-refractivity contribution is 5.40. The van der Waals surface area contributed by atoms with Crippen molar-refractivity contribution in [1.29, 1.82) is 0 Å². The Bertz CT molecular complexity index is 430. The summed E-state index contributed by atoms with van der Waals surface area (Å²) in [7, 11) is 0. The van der Waals surface area contributed by atoms with E-state index in [1.165, 1.54) is 12.8 Å². The van der Waals surface area contributed by atoms with Gasteiger partial charge in [-0.2, -0.15) is 5.10 Å².